The smallest absolute Gasteiger partial charge is 1.00 e. The molecule has 4 nitrogen and oxygen atoms in total. The van der Waals surface area contributed by atoms with Gasteiger partial charge in [0.15, 0.2) is 0 Å². The summed E-state index contributed by atoms with van der Waals surface area (Å²) in [5.41, 5.74) is 0. The average molecular weight is 144 g/mol. The van der Waals surface area contributed by atoms with Crippen molar-refractivity contribution in [3.8, 4) is 0 Å². The Morgan fingerprint density at radius 3 is 1.50 bits per heavy atom. The molecule has 0 atom stereocenters. The summed E-state index contributed by atoms with van der Waals surface area (Å²) < 4.78 is 0. The number of carboxylic acids is 2. The maximum atomic E-state index is 9.43. The number of hydrogen-bond donors (Lipinski definition) is 2. The third-order valence-electron chi connectivity index (χ3n) is 0.302. The molecule has 0 saturated carbocycles. The Balaban J connectivity index is -0.000000180. The molecule has 0 heterocycles. The van der Waals surface area contributed by atoms with Crippen LogP contribution in [0.4, 0.5) is 0 Å². The van der Waals surface area contributed by atoms with Crippen molar-refractivity contribution >= 4 is 11.9 Å². The first kappa shape index (κ1) is 11.4. The van der Waals surface area contributed by atoms with Gasteiger partial charge in [-0.2, -0.15) is 0 Å². The predicted octanol–water partition coefficient (Wildman–Crippen LogP) is -3.34. The summed E-state index contributed by atoms with van der Waals surface area (Å²) in [5, 5.41) is 15.4. The summed E-state index contributed by atoms with van der Waals surface area (Å²) in [6, 6.07) is 0. The van der Waals surface area contributed by atoms with Crippen molar-refractivity contribution in [2.45, 2.75) is 6.42 Å². The van der Waals surface area contributed by atoms with Gasteiger partial charge in [0, 0.05) is 0 Å². The molecule has 5 heteroatoms. The molecule has 0 radical (unpaired) electrons. The summed E-state index contributed by atoms with van der Waals surface area (Å²) in [6.07, 6.45) is -0.806. The topological polar surface area (TPSA) is 74.6 Å². The second-order valence-electron chi connectivity index (χ2n) is 0.964. The van der Waals surface area contributed by atoms with E-state index in [4.69, 9.17) is 10.2 Å². The van der Waals surface area contributed by atoms with Gasteiger partial charge in [-0.05, 0) is 0 Å². The van der Waals surface area contributed by atoms with Gasteiger partial charge in [0.2, 0.25) is 0 Å². The number of carbonyl (C=O) groups is 2. The summed E-state index contributed by atoms with van der Waals surface area (Å²) in [4.78, 5) is 18.9. The molecule has 8 heavy (non-hydrogen) atoms. The molecule has 0 aliphatic heterocycles. The second kappa shape index (κ2) is 5.71. The van der Waals surface area contributed by atoms with Crippen LogP contribution in [0.3, 0.4) is 0 Å². The third kappa shape index (κ3) is 9.76. The van der Waals surface area contributed by atoms with E-state index in [2.05, 4.69) is 0 Å². The van der Waals surface area contributed by atoms with Crippen LogP contribution in [0.1, 0.15) is 7.85 Å². The zero-order valence-electron chi connectivity index (χ0n) is 5.42. The van der Waals surface area contributed by atoms with Gasteiger partial charge >= 0.3 is 63.3 Å². The summed E-state index contributed by atoms with van der Waals surface area (Å²) in [6.45, 7) is 0. The van der Waals surface area contributed by atoms with Crippen molar-refractivity contribution in [3.05, 3.63) is 0 Å². The molecule has 42 valence electrons. The first-order valence-electron chi connectivity index (χ1n) is 1.56. The van der Waals surface area contributed by atoms with Crippen molar-refractivity contribution in [3.63, 3.8) is 0 Å². The molecule has 0 bridgehead atoms. The van der Waals surface area contributed by atoms with Crippen LogP contribution in [0.25, 0.3) is 0 Å². The van der Waals surface area contributed by atoms with E-state index in [1.165, 1.54) is 0 Å². The van der Waals surface area contributed by atoms with Gasteiger partial charge in [-0.1, -0.05) is 0 Å². The van der Waals surface area contributed by atoms with Gasteiger partial charge in [-0.25, -0.2) is 0 Å². The van der Waals surface area contributed by atoms with Gasteiger partial charge in [-0.3, -0.25) is 9.59 Å². The van der Waals surface area contributed by atoms with Crippen LogP contribution in [0.15, 0.2) is 0 Å². The fourth-order valence-electron chi connectivity index (χ4n) is 0.129. The third-order valence-corrected chi connectivity index (χ3v) is 0.302. The quantitative estimate of drug-likeness (QED) is 0.314. The minimum Gasteiger partial charge on any atom is -1.00 e. The van der Waals surface area contributed by atoms with E-state index in [9.17, 15) is 9.59 Å². The van der Waals surface area contributed by atoms with E-state index in [1.807, 2.05) is 0 Å². The van der Waals surface area contributed by atoms with E-state index in [0.717, 1.165) is 0 Å². The standard InChI is InChI=1S/C3H4O4.K.H/c4-2(5)1-3(6)7;;/h1H2,(H,4,5)(H,6,7);;/q;+1;-1. The van der Waals surface area contributed by atoms with Crippen LogP contribution in [-0.2, 0) is 9.59 Å². The molecule has 0 rings (SSSR count). The number of carboxylic acid groups (broad SMARTS) is 2. The van der Waals surface area contributed by atoms with Gasteiger partial charge < -0.3 is 11.6 Å². The first-order valence-corrected chi connectivity index (χ1v) is 1.56. The Labute approximate surface area is 89.8 Å². The average Bonchev–Trinajstić information content (AvgIpc) is 1.27. The summed E-state index contributed by atoms with van der Waals surface area (Å²) in [7, 11) is 0. The van der Waals surface area contributed by atoms with E-state index in [1.54, 1.807) is 0 Å². The minimum absolute atomic E-state index is 0. The summed E-state index contributed by atoms with van der Waals surface area (Å²) >= 11 is 0. The molecule has 0 amide bonds. The van der Waals surface area contributed by atoms with Gasteiger partial charge in [0.25, 0.3) is 0 Å². The molecule has 0 aromatic carbocycles. The fourth-order valence-corrected chi connectivity index (χ4v) is 0.129. The summed E-state index contributed by atoms with van der Waals surface area (Å²) in [5.74, 6) is -2.62. The monoisotopic (exact) mass is 144 g/mol. The number of aliphatic carboxylic acids is 2. The number of rotatable bonds is 2. The van der Waals surface area contributed by atoms with Crippen LogP contribution in [0, 0.1) is 0 Å². The van der Waals surface area contributed by atoms with E-state index in [-0.39, 0.29) is 52.8 Å². The maximum Gasteiger partial charge on any atom is 1.00 e. The van der Waals surface area contributed by atoms with Crippen molar-refractivity contribution < 1.29 is 72.6 Å². The van der Waals surface area contributed by atoms with Gasteiger partial charge in [-0.15, -0.1) is 0 Å². The Morgan fingerprint density at radius 1 is 1.25 bits per heavy atom. The predicted molar refractivity (Wildman–Crippen MR) is 21.0 cm³/mol. The molecule has 0 unspecified atom stereocenters. The molecule has 0 fully saturated rings. The van der Waals surface area contributed by atoms with Crippen LogP contribution >= 0.6 is 0 Å². The zero-order chi connectivity index (χ0) is 5.86. The van der Waals surface area contributed by atoms with Crippen LogP contribution in [0.2, 0.25) is 0 Å². The Kier molecular flexibility index (Phi) is 8.12. The van der Waals surface area contributed by atoms with Crippen molar-refractivity contribution in [2.75, 3.05) is 0 Å². The molecule has 2 N–H and O–H groups in total. The van der Waals surface area contributed by atoms with Crippen molar-refractivity contribution in [1.82, 2.24) is 0 Å². The van der Waals surface area contributed by atoms with E-state index >= 15 is 0 Å². The second-order valence-corrected chi connectivity index (χ2v) is 0.964. The SMILES string of the molecule is O=C(O)CC(=O)O.[H-].[K+]. The van der Waals surface area contributed by atoms with Gasteiger partial charge in [0.05, 0.1) is 0 Å². The largest absolute Gasteiger partial charge is 1.00 e. The van der Waals surface area contributed by atoms with E-state index in [0.29, 0.717) is 0 Å². The maximum absolute atomic E-state index is 9.43. The van der Waals surface area contributed by atoms with Crippen LogP contribution < -0.4 is 51.4 Å². The molecule has 0 aliphatic rings. The Morgan fingerprint density at radius 2 is 1.50 bits per heavy atom. The van der Waals surface area contributed by atoms with Crippen LogP contribution in [-0.4, -0.2) is 22.2 Å². The molecule has 0 spiro atoms. The molecular formula is C3H5KO4. The van der Waals surface area contributed by atoms with Crippen molar-refractivity contribution in [2.24, 2.45) is 0 Å². The molecule has 0 aromatic heterocycles. The Hall–Kier alpha value is 0.576. The minimum atomic E-state index is -1.31. The fraction of sp³-hybridized carbons (Fsp3) is 0.333. The first-order chi connectivity index (χ1) is 3.13. The van der Waals surface area contributed by atoms with Crippen LogP contribution in [0.5, 0.6) is 0 Å². The van der Waals surface area contributed by atoms with E-state index < -0.39 is 18.4 Å². The van der Waals surface area contributed by atoms with Crippen molar-refractivity contribution in [1.29, 1.82) is 0 Å². The molecule has 0 aliphatic carbocycles. The Bertz CT molecular complexity index is 92.0. The normalized spacial score (nSPS) is 7.00. The molecule has 0 saturated heterocycles. The van der Waals surface area contributed by atoms with Gasteiger partial charge in [0.1, 0.15) is 6.42 Å². The zero-order valence-corrected chi connectivity index (χ0v) is 7.54. The molecular weight excluding hydrogens is 139 g/mol. The molecule has 0 aromatic rings. The number of hydrogen-bond acceptors (Lipinski definition) is 2.